The van der Waals surface area contributed by atoms with Gasteiger partial charge in [0.05, 0.1) is 12.6 Å². The van der Waals surface area contributed by atoms with Crippen LogP contribution in [-0.4, -0.2) is 42.7 Å². The molecule has 0 aliphatic carbocycles. The maximum absolute atomic E-state index is 6.11. The van der Waals surface area contributed by atoms with Crippen molar-refractivity contribution >= 4 is 28.2 Å². The number of aromatic nitrogens is 1. The number of fused-ring (bicyclic) bond motifs is 1. The maximum atomic E-state index is 6.11. The largest absolute Gasteiger partial charge is 0.493 e. The number of pyridine rings is 1. The molecule has 4 rings (SSSR count). The third kappa shape index (κ3) is 5.30. The number of piperidine rings is 1. The van der Waals surface area contributed by atoms with E-state index >= 15 is 0 Å². The lowest BCUT2D eigenvalue weighted by Gasteiger charge is -2.33. The molecule has 0 bridgehead atoms. The molecule has 0 saturated carbocycles. The Kier molecular flexibility index (Phi) is 6.95. The number of benzene rings is 2. The first-order valence-electron chi connectivity index (χ1n) is 10.6. The molecule has 3 aromatic rings. The van der Waals surface area contributed by atoms with Crippen LogP contribution in [0.4, 0.5) is 5.69 Å². The van der Waals surface area contributed by atoms with Crippen molar-refractivity contribution in [2.45, 2.75) is 25.4 Å². The van der Waals surface area contributed by atoms with Crippen LogP contribution in [0.25, 0.3) is 10.9 Å². The predicted octanol–water partition coefficient (Wildman–Crippen LogP) is 5.54. The third-order valence-corrected chi connectivity index (χ3v) is 5.88. The van der Waals surface area contributed by atoms with Crippen molar-refractivity contribution in [3.05, 3.63) is 71.9 Å². The van der Waals surface area contributed by atoms with Gasteiger partial charge in [-0.25, -0.2) is 0 Å². The normalized spacial score (nSPS) is 15.0. The van der Waals surface area contributed by atoms with Crippen LogP contribution in [0.5, 0.6) is 11.5 Å². The summed E-state index contributed by atoms with van der Waals surface area (Å²) in [5, 5.41) is 5.54. The summed E-state index contributed by atoms with van der Waals surface area (Å²) < 4.78 is 11.2. The Bertz CT molecular complexity index is 1050. The summed E-state index contributed by atoms with van der Waals surface area (Å²) in [6, 6.07) is 14.5. The highest BCUT2D eigenvalue weighted by molar-refractivity contribution is 6.31. The van der Waals surface area contributed by atoms with Crippen LogP contribution >= 0.6 is 11.6 Å². The fraction of sp³-hybridized carbons (Fsp3) is 0.320. The lowest BCUT2D eigenvalue weighted by Crippen LogP contribution is -2.38. The lowest BCUT2D eigenvalue weighted by atomic mass is 10.0. The first-order chi connectivity index (χ1) is 15.2. The molecule has 0 amide bonds. The molecule has 5 nitrogen and oxygen atoms in total. The number of nitrogens with one attached hydrogen (secondary N) is 1. The van der Waals surface area contributed by atoms with E-state index in [0.717, 1.165) is 60.6 Å². The molecule has 1 N–H and O–H groups in total. The number of hydrogen-bond donors (Lipinski definition) is 1. The lowest BCUT2D eigenvalue weighted by molar-refractivity contribution is 0.211. The van der Waals surface area contributed by atoms with E-state index < -0.39 is 0 Å². The number of anilines is 1. The second kappa shape index (κ2) is 10.0. The Balaban J connectivity index is 1.36. The molecule has 0 spiro atoms. The van der Waals surface area contributed by atoms with Gasteiger partial charge in [-0.2, -0.15) is 0 Å². The molecule has 1 aromatic heterocycles. The third-order valence-electron chi connectivity index (χ3n) is 5.64. The zero-order chi connectivity index (χ0) is 21.6. The number of rotatable bonds is 8. The summed E-state index contributed by atoms with van der Waals surface area (Å²) in [7, 11) is 1.66. The van der Waals surface area contributed by atoms with Crippen LogP contribution in [-0.2, 0) is 6.54 Å². The molecule has 6 heteroatoms. The van der Waals surface area contributed by atoms with Gasteiger partial charge < -0.3 is 14.8 Å². The Hall–Kier alpha value is -2.76. The van der Waals surface area contributed by atoms with Crippen molar-refractivity contribution in [1.82, 2.24) is 9.88 Å². The first kappa shape index (κ1) is 21.5. The molecule has 2 aromatic carbocycles. The fourth-order valence-corrected chi connectivity index (χ4v) is 4.21. The zero-order valence-electron chi connectivity index (χ0n) is 17.8. The molecule has 1 fully saturated rings. The van der Waals surface area contributed by atoms with Gasteiger partial charge in [0.25, 0.3) is 0 Å². The van der Waals surface area contributed by atoms with Crippen molar-refractivity contribution in [2.24, 2.45) is 0 Å². The number of methoxy groups -OCH3 is 1. The molecular formula is C25H28ClN3O2. The van der Waals surface area contributed by atoms with E-state index in [1.165, 1.54) is 5.56 Å². The topological polar surface area (TPSA) is 46.6 Å². The highest BCUT2D eigenvalue weighted by atomic mass is 35.5. The van der Waals surface area contributed by atoms with E-state index in [1.54, 1.807) is 13.2 Å². The second-order valence-electron chi connectivity index (χ2n) is 7.80. The van der Waals surface area contributed by atoms with Gasteiger partial charge in [0.15, 0.2) is 11.5 Å². The molecular weight excluding hydrogens is 410 g/mol. The monoisotopic (exact) mass is 437 g/mol. The van der Waals surface area contributed by atoms with Crippen molar-refractivity contribution in [3.63, 3.8) is 0 Å². The Morgan fingerprint density at radius 2 is 2.00 bits per heavy atom. The minimum absolute atomic E-state index is 0.444. The summed E-state index contributed by atoms with van der Waals surface area (Å²) in [4.78, 5) is 6.92. The molecule has 31 heavy (non-hydrogen) atoms. The van der Waals surface area contributed by atoms with Gasteiger partial charge in [-0.3, -0.25) is 9.88 Å². The minimum atomic E-state index is 0.444. The quantitative estimate of drug-likeness (QED) is 0.469. The first-order valence-corrected chi connectivity index (χ1v) is 11.0. The fourth-order valence-electron chi connectivity index (χ4n) is 4.04. The van der Waals surface area contributed by atoms with E-state index in [9.17, 15) is 0 Å². The maximum Gasteiger partial charge on any atom is 0.161 e. The summed E-state index contributed by atoms with van der Waals surface area (Å²) in [5.74, 6) is 1.51. The van der Waals surface area contributed by atoms with Crippen LogP contribution in [0.1, 0.15) is 18.4 Å². The van der Waals surface area contributed by atoms with Crippen molar-refractivity contribution in [3.8, 4) is 11.5 Å². The highest BCUT2D eigenvalue weighted by Gasteiger charge is 2.20. The molecule has 1 aliphatic heterocycles. The number of halogens is 1. The molecule has 1 saturated heterocycles. The summed E-state index contributed by atoms with van der Waals surface area (Å²) in [6.45, 7) is 7.17. The van der Waals surface area contributed by atoms with Crippen molar-refractivity contribution in [1.29, 1.82) is 0 Å². The van der Waals surface area contributed by atoms with E-state index in [4.69, 9.17) is 21.1 Å². The summed E-state index contributed by atoms with van der Waals surface area (Å²) >= 11 is 6.11. The van der Waals surface area contributed by atoms with E-state index in [0.29, 0.717) is 17.7 Å². The van der Waals surface area contributed by atoms with Gasteiger partial charge in [-0.15, -0.1) is 0 Å². The zero-order valence-corrected chi connectivity index (χ0v) is 18.6. The average molecular weight is 438 g/mol. The van der Waals surface area contributed by atoms with Gasteiger partial charge in [0.2, 0.25) is 0 Å². The minimum Gasteiger partial charge on any atom is -0.493 e. The molecule has 1 aliphatic rings. The van der Waals surface area contributed by atoms with Crippen LogP contribution in [0.2, 0.25) is 5.02 Å². The Labute approximate surface area is 188 Å². The Morgan fingerprint density at radius 1 is 1.16 bits per heavy atom. The second-order valence-corrected chi connectivity index (χ2v) is 8.24. The van der Waals surface area contributed by atoms with Gasteiger partial charge in [0, 0.05) is 48.0 Å². The highest BCUT2D eigenvalue weighted by Crippen LogP contribution is 2.30. The number of ether oxygens (including phenoxy) is 2. The van der Waals surface area contributed by atoms with Gasteiger partial charge in [-0.05, 0) is 54.8 Å². The van der Waals surface area contributed by atoms with Crippen LogP contribution < -0.4 is 14.8 Å². The molecule has 0 radical (unpaired) electrons. The van der Waals surface area contributed by atoms with Gasteiger partial charge in [-0.1, -0.05) is 30.3 Å². The predicted molar refractivity (Wildman–Crippen MR) is 127 cm³/mol. The smallest absolute Gasteiger partial charge is 0.161 e. The standard InChI is InChI=1S/C25H28ClN3O2/c1-3-14-31-25-15-18(4-7-24(25)30-2)17-29-12-9-20(10-13-29)28-22-8-11-27-23-16-19(26)5-6-21(22)23/h3-8,11,15-16,20H,1,9-10,12-14,17H2,2H3,(H,27,28). The van der Waals surface area contributed by atoms with Crippen molar-refractivity contribution < 1.29 is 9.47 Å². The van der Waals surface area contributed by atoms with Gasteiger partial charge in [0.1, 0.15) is 6.61 Å². The van der Waals surface area contributed by atoms with E-state index in [-0.39, 0.29) is 0 Å². The number of hydrogen-bond acceptors (Lipinski definition) is 5. The Morgan fingerprint density at radius 3 is 2.77 bits per heavy atom. The summed E-state index contributed by atoms with van der Waals surface area (Å²) in [6.07, 6.45) is 5.76. The van der Waals surface area contributed by atoms with E-state index in [2.05, 4.69) is 33.9 Å². The summed E-state index contributed by atoms with van der Waals surface area (Å²) in [5.41, 5.74) is 3.27. The van der Waals surface area contributed by atoms with Crippen LogP contribution in [0, 0.1) is 0 Å². The van der Waals surface area contributed by atoms with Crippen molar-refractivity contribution in [2.75, 3.05) is 32.1 Å². The molecule has 2 heterocycles. The van der Waals surface area contributed by atoms with Crippen LogP contribution in [0.15, 0.2) is 61.3 Å². The molecule has 0 atom stereocenters. The SMILES string of the molecule is C=CCOc1cc(CN2CCC(Nc3ccnc4cc(Cl)ccc34)CC2)ccc1OC. The molecule has 0 unspecified atom stereocenters. The van der Waals surface area contributed by atoms with E-state index in [1.807, 2.05) is 36.5 Å². The number of nitrogens with zero attached hydrogens (tertiary/aromatic N) is 2. The molecule has 162 valence electrons. The van der Waals surface area contributed by atoms with Gasteiger partial charge >= 0.3 is 0 Å². The van der Waals surface area contributed by atoms with Crippen LogP contribution in [0.3, 0.4) is 0 Å². The number of likely N-dealkylation sites (tertiary alicyclic amines) is 1. The average Bonchev–Trinajstić information content (AvgIpc) is 2.79.